The summed E-state index contributed by atoms with van der Waals surface area (Å²) in [5.41, 5.74) is 5.38. The Bertz CT molecular complexity index is 322. The maximum Gasteiger partial charge on any atom is 0.248 e. The molecule has 78 valence electrons. The van der Waals surface area contributed by atoms with Gasteiger partial charge in [0.05, 0.1) is 6.61 Å². The van der Waals surface area contributed by atoms with E-state index in [1.165, 1.54) is 4.90 Å². The highest BCUT2D eigenvalue weighted by atomic mass is 16.4. The molecule has 3 N–H and O–H groups in total. The van der Waals surface area contributed by atoms with Crippen LogP contribution in [0.3, 0.4) is 0 Å². The number of hydrogen-bond acceptors (Lipinski definition) is 4. The van der Waals surface area contributed by atoms with Crippen molar-refractivity contribution < 1.29 is 14.3 Å². The van der Waals surface area contributed by atoms with Gasteiger partial charge in [-0.1, -0.05) is 0 Å². The van der Waals surface area contributed by atoms with Gasteiger partial charge in [0, 0.05) is 13.1 Å². The van der Waals surface area contributed by atoms with Gasteiger partial charge in [0.2, 0.25) is 11.8 Å². The predicted molar refractivity (Wildman–Crippen MR) is 51.9 cm³/mol. The Morgan fingerprint density at radius 2 is 2.36 bits per heavy atom. The molecule has 1 rings (SSSR count). The Morgan fingerprint density at radius 1 is 1.71 bits per heavy atom. The van der Waals surface area contributed by atoms with Crippen molar-refractivity contribution in [3.05, 3.63) is 17.9 Å². The molecule has 0 aliphatic carbocycles. The topological polar surface area (TPSA) is 79.7 Å². The average Bonchev–Trinajstić information content (AvgIpc) is 2.61. The van der Waals surface area contributed by atoms with E-state index in [0.717, 1.165) is 5.76 Å². The number of anilines is 1. The minimum absolute atomic E-state index is 0.372. The molecule has 1 aromatic rings. The van der Waals surface area contributed by atoms with Crippen LogP contribution in [0.5, 0.6) is 0 Å². The van der Waals surface area contributed by atoms with E-state index in [1.54, 1.807) is 26.1 Å². The van der Waals surface area contributed by atoms with Crippen LogP contribution in [0.25, 0.3) is 0 Å². The van der Waals surface area contributed by atoms with Crippen LogP contribution in [-0.2, 0) is 4.79 Å². The van der Waals surface area contributed by atoms with E-state index < -0.39 is 6.04 Å². The molecule has 0 fully saturated rings. The van der Waals surface area contributed by atoms with Gasteiger partial charge in [-0.2, -0.15) is 0 Å². The Balaban J connectivity index is 2.75. The van der Waals surface area contributed by atoms with Crippen molar-refractivity contribution in [2.75, 3.05) is 18.6 Å². The second-order valence-electron chi connectivity index (χ2n) is 3.07. The van der Waals surface area contributed by atoms with Gasteiger partial charge in [-0.3, -0.25) is 9.69 Å². The summed E-state index contributed by atoms with van der Waals surface area (Å²) in [5, 5.41) is 8.70. The second kappa shape index (κ2) is 4.26. The lowest BCUT2D eigenvalue weighted by atomic mass is 10.3. The monoisotopic (exact) mass is 198 g/mol. The summed E-state index contributed by atoms with van der Waals surface area (Å²) < 4.78 is 5.23. The fourth-order valence-electron chi connectivity index (χ4n) is 1.04. The minimum atomic E-state index is -0.898. The van der Waals surface area contributed by atoms with Crippen LogP contribution in [0.15, 0.2) is 16.5 Å². The third kappa shape index (κ3) is 2.12. The number of hydrogen-bond donors (Lipinski definition) is 2. The Labute approximate surface area is 82.1 Å². The molecule has 0 aliphatic heterocycles. The lowest BCUT2D eigenvalue weighted by Gasteiger charge is -2.17. The van der Waals surface area contributed by atoms with Crippen molar-refractivity contribution in [3.8, 4) is 0 Å². The highest BCUT2D eigenvalue weighted by Crippen LogP contribution is 2.16. The molecule has 1 unspecified atom stereocenters. The number of furan rings is 1. The molecule has 5 nitrogen and oxygen atoms in total. The molecule has 1 amide bonds. The first-order valence-corrected chi connectivity index (χ1v) is 4.26. The highest BCUT2D eigenvalue weighted by molar-refractivity contribution is 5.95. The normalized spacial score (nSPS) is 12.6. The zero-order valence-corrected chi connectivity index (χ0v) is 8.23. The van der Waals surface area contributed by atoms with Gasteiger partial charge in [0.15, 0.2) is 0 Å². The van der Waals surface area contributed by atoms with Crippen molar-refractivity contribution in [3.63, 3.8) is 0 Å². The summed E-state index contributed by atoms with van der Waals surface area (Å²) in [5.74, 6) is 0.774. The van der Waals surface area contributed by atoms with Gasteiger partial charge in [-0.25, -0.2) is 0 Å². The molecule has 0 bridgehead atoms. The number of nitrogens with zero attached hydrogens (tertiary/aromatic N) is 1. The van der Waals surface area contributed by atoms with Crippen LogP contribution in [0.2, 0.25) is 0 Å². The first-order valence-electron chi connectivity index (χ1n) is 4.26. The number of carbonyl (C=O) groups is 1. The van der Waals surface area contributed by atoms with E-state index in [9.17, 15) is 4.79 Å². The van der Waals surface area contributed by atoms with Gasteiger partial charge >= 0.3 is 0 Å². The molecule has 0 spiro atoms. The molecular weight excluding hydrogens is 184 g/mol. The van der Waals surface area contributed by atoms with E-state index >= 15 is 0 Å². The van der Waals surface area contributed by atoms with Crippen molar-refractivity contribution in [1.29, 1.82) is 0 Å². The molecule has 1 heterocycles. The van der Waals surface area contributed by atoms with E-state index in [2.05, 4.69) is 0 Å². The Kier molecular flexibility index (Phi) is 3.27. The predicted octanol–water partition coefficient (Wildman–Crippen LogP) is -0.130. The lowest BCUT2D eigenvalue weighted by Crippen LogP contribution is -2.44. The Morgan fingerprint density at radius 3 is 2.79 bits per heavy atom. The van der Waals surface area contributed by atoms with Crippen LogP contribution in [-0.4, -0.2) is 30.7 Å². The summed E-state index contributed by atoms with van der Waals surface area (Å²) in [6, 6.07) is 2.53. The summed E-state index contributed by atoms with van der Waals surface area (Å²) in [4.78, 5) is 12.8. The number of rotatable bonds is 3. The van der Waals surface area contributed by atoms with Crippen LogP contribution < -0.4 is 10.6 Å². The van der Waals surface area contributed by atoms with Crippen molar-refractivity contribution in [2.24, 2.45) is 5.73 Å². The molecule has 0 saturated carbocycles. The van der Waals surface area contributed by atoms with Crippen LogP contribution in [0.1, 0.15) is 5.76 Å². The first-order chi connectivity index (χ1) is 6.56. The number of carbonyl (C=O) groups excluding carboxylic acids is 1. The standard InChI is InChI=1S/C9H14N2O3/c1-6-3-4-8(14-6)11(2)9(13)7(10)5-12/h3-4,7,12H,5,10H2,1-2H3. The number of aliphatic hydroxyl groups is 1. The minimum Gasteiger partial charge on any atom is -0.445 e. The number of aryl methyl sites for hydroxylation is 1. The molecular formula is C9H14N2O3. The summed E-state index contributed by atoms with van der Waals surface area (Å²) in [6.45, 7) is 1.41. The van der Waals surface area contributed by atoms with Crippen molar-refractivity contribution in [1.82, 2.24) is 0 Å². The zero-order chi connectivity index (χ0) is 10.7. The van der Waals surface area contributed by atoms with Gasteiger partial charge in [-0.05, 0) is 13.0 Å². The zero-order valence-electron chi connectivity index (χ0n) is 8.23. The fourth-order valence-corrected chi connectivity index (χ4v) is 1.04. The van der Waals surface area contributed by atoms with E-state index in [-0.39, 0.29) is 12.5 Å². The maximum absolute atomic E-state index is 11.5. The average molecular weight is 198 g/mol. The van der Waals surface area contributed by atoms with Gasteiger partial charge in [-0.15, -0.1) is 0 Å². The molecule has 1 aromatic heterocycles. The SMILES string of the molecule is Cc1ccc(N(C)C(=O)C(N)CO)o1. The van der Waals surface area contributed by atoms with E-state index in [4.69, 9.17) is 15.3 Å². The maximum atomic E-state index is 11.5. The first kappa shape index (κ1) is 10.7. The number of aliphatic hydroxyl groups excluding tert-OH is 1. The van der Waals surface area contributed by atoms with Crippen LogP contribution in [0.4, 0.5) is 5.88 Å². The Hall–Kier alpha value is -1.33. The molecule has 14 heavy (non-hydrogen) atoms. The fraction of sp³-hybridized carbons (Fsp3) is 0.444. The molecule has 0 radical (unpaired) electrons. The molecule has 5 heteroatoms. The third-order valence-corrected chi connectivity index (χ3v) is 1.90. The summed E-state index contributed by atoms with van der Waals surface area (Å²) in [6.07, 6.45) is 0. The van der Waals surface area contributed by atoms with Crippen molar-refractivity contribution >= 4 is 11.8 Å². The highest BCUT2D eigenvalue weighted by Gasteiger charge is 2.20. The molecule has 1 atom stereocenters. The third-order valence-electron chi connectivity index (χ3n) is 1.90. The number of nitrogens with two attached hydrogens (primary N) is 1. The molecule has 0 aliphatic rings. The largest absolute Gasteiger partial charge is 0.445 e. The molecule has 0 saturated heterocycles. The van der Waals surface area contributed by atoms with Gasteiger partial charge in [0.25, 0.3) is 0 Å². The second-order valence-corrected chi connectivity index (χ2v) is 3.07. The summed E-state index contributed by atoms with van der Waals surface area (Å²) in [7, 11) is 1.55. The summed E-state index contributed by atoms with van der Waals surface area (Å²) >= 11 is 0. The number of amides is 1. The van der Waals surface area contributed by atoms with Gasteiger partial charge in [0.1, 0.15) is 11.8 Å². The quantitative estimate of drug-likeness (QED) is 0.709. The van der Waals surface area contributed by atoms with E-state index in [1.807, 2.05) is 0 Å². The smallest absolute Gasteiger partial charge is 0.248 e. The van der Waals surface area contributed by atoms with Crippen LogP contribution in [0, 0.1) is 6.92 Å². The lowest BCUT2D eigenvalue weighted by molar-refractivity contribution is -0.120. The van der Waals surface area contributed by atoms with Crippen LogP contribution >= 0.6 is 0 Å². The molecule has 0 aromatic carbocycles. The van der Waals surface area contributed by atoms with E-state index in [0.29, 0.717) is 5.88 Å². The van der Waals surface area contributed by atoms with Gasteiger partial charge < -0.3 is 15.3 Å². The number of likely N-dealkylation sites (N-methyl/N-ethyl adjacent to an activating group) is 1. The van der Waals surface area contributed by atoms with Crippen molar-refractivity contribution in [2.45, 2.75) is 13.0 Å².